The Balaban J connectivity index is 1.62. The third-order valence-electron chi connectivity index (χ3n) is 3.89. The molecule has 1 saturated heterocycles. The highest BCUT2D eigenvalue weighted by Gasteiger charge is 2.27. The minimum atomic E-state index is 0.532. The molecule has 1 atom stereocenters. The molecule has 0 saturated carbocycles. The molecule has 20 heavy (non-hydrogen) atoms. The van der Waals surface area contributed by atoms with E-state index in [-0.39, 0.29) is 0 Å². The quantitative estimate of drug-likeness (QED) is 0.741. The van der Waals surface area contributed by atoms with Crippen LogP contribution >= 0.6 is 11.3 Å². The van der Waals surface area contributed by atoms with Gasteiger partial charge in [-0.15, -0.1) is 0 Å². The first-order valence-corrected chi connectivity index (χ1v) is 7.80. The van der Waals surface area contributed by atoms with Crippen molar-refractivity contribution in [2.45, 2.75) is 25.4 Å². The average Bonchev–Trinajstić information content (AvgIpc) is 3.18. The fraction of sp³-hybridized carbons (Fsp3) is 0.333. The van der Waals surface area contributed by atoms with Gasteiger partial charge >= 0.3 is 0 Å². The molecule has 1 fully saturated rings. The van der Waals surface area contributed by atoms with Crippen LogP contribution in [0.25, 0.3) is 10.2 Å². The van der Waals surface area contributed by atoms with E-state index in [2.05, 4.69) is 38.7 Å². The second-order valence-electron chi connectivity index (χ2n) is 5.21. The minimum absolute atomic E-state index is 0.532. The zero-order valence-electron chi connectivity index (χ0n) is 11.1. The molecule has 1 aliphatic rings. The number of aromatic nitrogens is 3. The number of benzene rings is 1. The second-order valence-corrected chi connectivity index (χ2v) is 6.22. The maximum Gasteiger partial charge on any atom is 0.186 e. The standard InChI is InChI=1S/C15H16N4S/c1-2-6-14-13(5-1)17-15(20-14)19-8-3-4-12(19)10-18-9-7-16-11-18/h1-2,5-7,9,11-12H,3-4,8,10H2. The third kappa shape index (κ3) is 2.08. The molecule has 1 aromatic carbocycles. The molecule has 0 spiro atoms. The summed E-state index contributed by atoms with van der Waals surface area (Å²) < 4.78 is 3.44. The van der Waals surface area contributed by atoms with Crippen LogP contribution in [-0.4, -0.2) is 27.1 Å². The first kappa shape index (κ1) is 11.9. The minimum Gasteiger partial charge on any atom is -0.343 e. The van der Waals surface area contributed by atoms with E-state index in [0.717, 1.165) is 23.7 Å². The molecule has 1 aliphatic heterocycles. The van der Waals surface area contributed by atoms with Gasteiger partial charge in [-0.05, 0) is 25.0 Å². The highest BCUT2D eigenvalue weighted by Crippen LogP contribution is 2.33. The van der Waals surface area contributed by atoms with Gasteiger partial charge in [0.15, 0.2) is 5.13 Å². The van der Waals surface area contributed by atoms with Gasteiger partial charge in [-0.2, -0.15) is 0 Å². The number of anilines is 1. The van der Waals surface area contributed by atoms with Gasteiger partial charge in [0.05, 0.1) is 16.5 Å². The summed E-state index contributed by atoms with van der Waals surface area (Å²) in [4.78, 5) is 11.4. The van der Waals surface area contributed by atoms with Crippen LogP contribution in [0.3, 0.4) is 0 Å². The number of para-hydroxylation sites is 1. The van der Waals surface area contributed by atoms with E-state index < -0.39 is 0 Å². The van der Waals surface area contributed by atoms with E-state index in [4.69, 9.17) is 4.98 Å². The van der Waals surface area contributed by atoms with Crippen LogP contribution in [0, 0.1) is 0 Å². The zero-order chi connectivity index (χ0) is 13.4. The van der Waals surface area contributed by atoms with E-state index in [1.54, 1.807) is 11.3 Å². The van der Waals surface area contributed by atoms with Gasteiger partial charge in [0.25, 0.3) is 0 Å². The van der Waals surface area contributed by atoms with E-state index in [0.29, 0.717) is 6.04 Å². The van der Waals surface area contributed by atoms with Gasteiger partial charge in [-0.25, -0.2) is 9.97 Å². The molecule has 0 bridgehead atoms. The molecule has 5 heteroatoms. The Hall–Kier alpha value is -1.88. The van der Waals surface area contributed by atoms with Gasteiger partial charge < -0.3 is 9.47 Å². The van der Waals surface area contributed by atoms with Crippen molar-refractivity contribution >= 4 is 26.7 Å². The van der Waals surface area contributed by atoms with Gasteiger partial charge in [0.2, 0.25) is 0 Å². The lowest BCUT2D eigenvalue weighted by atomic mass is 10.2. The molecule has 102 valence electrons. The number of hydrogen-bond acceptors (Lipinski definition) is 4. The lowest BCUT2D eigenvalue weighted by Crippen LogP contribution is -2.32. The fourth-order valence-electron chi connectivity index (χ4n) is 2.90. The van der Waals surface area contributed by atoms with Crippen molar-refractivity contribution in [3.63, 3.8) is 0 Å². The summed E-state index contributed by atoms with van der Waals surface area (Å²) in [6, 6.07) is 8.91. The molecule has 4 nitrogen and oxygen atoms in total. The van der Waals surface area contributed by atoms with E-state index in [9.17, 15) is 0 Å². The fourth-order valence-corrected chi connectivity index (χ4v) is 3.96. The number of rotatable bonds is 3. The first-order valence-electron chi connectivity index (χ1n) is 6.98. The molecule has 0 N–H and O–H groups in total. The second kappa shape index (κ2) is 4.90. The Morgan fingerprint density at radius 2 is 2.25 bits per heavy atom. The largest absolute Gasteiger partial charge is 0.343 e. The Kier molecular flexibility index (Phi) is 2.92. The Morgan fingerprint density at radius 1 is 1.30 bits per heavy atom. The monoisotopic (exact) mass is 284 g/mol. The van der Waals surface area contributed by atoms with Crippen LogP contribution in [0.4, 0.5) is 5.13 Å². The number of fused-ring (bicyclic) bond motifs is 1. The first-order chi connectivity index (χ1) is 9.90. The Morgan fingerprint density at radius 3 is 3.10 bits per heavy atom. The number of imidazole rings is 1. The highest BCUT2D eigenvalue weighted by molar-refractivity contribution is 7.22. The number of hydrogen-bond donors (Lipinski definition) is 0. The molecule has 4 rings (SSSR count). The smallest absolute Gasteiger partial charge is 0.186 e. The van der Waals surface area contributed by atoms with E-state index in [1.807, 2.05) is 18.7 Å². The summed E-state index contributed by atoms with van der Waals surface area (Å²) >= 11 is 1.80. The van der Waals surface area contributed by atoms with Crippen molar-refractivity contribution < 1.29 is 0 Å². The molecule has 0 amide bonds. The van der Waals surface area contributed by atoms with Crippen LogP contribution in [0.1, 0.15) is 12.8 Å². The van der Waals surface area contributed by atoms with Crippen molar-refractivity contribution in [2.75, 3.05) is 11.4 Å². The normalized spacial score (nSPS) is 19.0. The predicted molar refractivity (Wildman–Crippen MR) is 82.2 cm³/mol. The Bertz CT molecular complexity index is 671. The summed E-state index contributed by atoms with van der Waals surface area (Å²) in [5, 5.41) is 1.16. The van der Waals surface area contributed by atoms with Crippen molar-refractivity contribution in [3.05, 3.63) is 43.0 Å². The summed E-state index contributed by atoms with van der Waals surface area (Å²) in [6.45, 7) is 2.11. The maximum absolute atomic E-state index is 4.79. The molecule has 2 aromatic heterocycles. The third-order valence-corrected chi connectivity index (χ3v) is 4.96. The highest BCUT2D eigenvalue weighted by atomic mass is 32.1. The lowest BCUT2D eigenvalue weighted by Gasteiger charge is -2.24. The van der Waals surface area contributed by atoms with Gasteiger partial charge in [-0.3, -0.25) is 0 Å². The summed E-state index contributed by atoms with van der Waals surface area (Å²) in [5.41, 5.74) is 1.11. The average molecular weight is 284 g/mol. The summed E-state index contributed by atoms with van der Waals surface area (Å²) in [5.74, 6) is 0. The molecule has 0 radical (unpaired) electrons. The van der Waals surface area contributed by atoms with Crippen molar-refractivity contribution in [3.8, 4) is 0 Å². The van der Waals surface area contributed by atoms with E-state index >= 15 is 0 Å². The van der Waals surface area contributed by atoms with Crippen molar-refractivity contribution in [1.29, 1.82) is 0 Å². The molecule has 0 aliphatic carbocycles. The molecular formula is C15H16N4S. The van der Waals surface area contributed by atoms with Crippen LogP contribution in [0.5, 0.6) is 0 Å². The van der Waals surface area contributed by atoms with E-state index in [1.165, 1.54) is 17.5 Å². The number of nitrogens with zero attached hydrogens (tertiary/aromatic N) is 4. The molecule has 1 unspecified atom stereocenters. The Labute approximate surface area is 121 Å². The molecule has 3 heterocycles. The van der Waals surface area contributed by atoms with Crippen LogP contribution in [0.15, 0.2) is 43.0 Å². The van der Waals surface area contributed by atoms with Crippen LogP contribution < -0.4 is 4.90 Å². The number of thiazole rings is 1. The van der Waals surface area contributed by atoms with Crippen LogP contribution in [-0.2, 0) is 6.54 Å². The van der Waals surface area contributed by atoms with Gasteiger partial charge in [0.1, 0.15) is 0 Å². The van der Waals surface area contributed by atoms with Crippen molar-refractivity contribution in [2.24, 2.45) is 0 Å². The summed E-state index contributed by atoms with van der Waals surface area (Å²) in [6.07, 6.45) is 8.25. The van der Waals surface area contributed by atoms with Crippen LogP contribution in [0.2, 0.25) is 0 Å². The van der Waals surface area contributed by atoms with Gasteiger partial charge in [0, 0.05) is 31.5 Å². The summed E-state index contributed by atoms with van der Waals surface area (Å²) in [7, 11) is 0. The van der Waals surface area contributed by atoms with Crippen molar-refractivity contribution in [1.82, 2.24) is 14.5 Å². The lowest BCUT2D eigenvalue weighted by molar-refractivity contribution is 0.549. The van der Waals surface area contributed by atoms with Gasteiger partial charge in [-0.1, -0.05) is 23.5 Å². The maximum atomic E-state index is 4.79. The SMILES string of the molecule is c1ccc2sc(N3CCCC3Cn3ccnc3)nc2c1. The topological polar surface area (TPSA) is 34.0 Å². The molecular weight excluding hydrogens is 268 g/mol. The predicted octanol–water partition coefficient (Wildman–Crippen LogP) is 3.16. The molecule has 3 aromatic rings. The zero-order valence-corrected chi connectivity index (χ0v) is 12.0.